The molecule has 26 heavy (non-hydrogen) atoms. The molecule has 1 aliphatic carbocycles. The van der Waals surface area contributed by atoms with Gasteiger partial charge in [0.2, 0.25) is 0 Å². The third-order valence-corrected chi connectivity index (χ3v) is 6.53. The first-order valence-corrected chi connectivity index (χ1v) is 10.0. The van der Waals surface area contributed by atoms with Crippen LogP contribution in [0.5, 0.6) is 11.5 Å². The van der Waals surface area contributed by atoms with E-state index in [4.69, 9.17) is 4.74 Å². The fraction of sp³-hybridized carbons (Fsp3) is 0.652. The van der Waals surface area contributed by atoms with Crippen molar-refractivity contribution in [3.05, 3.63) is 34.9 Å². The Kier molecular flexibility index (Phi) is 5.13. The summed E-state index contributed by atoms with van der Waals surface area (Å²) in [4.78, 5) is 0. The lowest BCUT2D eigenvalue weighted by molar-refractivity contribution is 0.00662. The lowest BCUT2D eigenvalue weighted by Gasteiger charge is -2.47. The van der Waals surface area contributed by atoms with Gasteiger partial charge in [-0.3, -0.25) is 0 Å². The minimum atomic E-state index is -0.284. The average Bonchev–Trinajstić information content (AvgIpc) is 2.58. The van der Waals surface area contributed by atoms with Crippen molar-refractivity contribution in [3.63, 3.8) is 0 Å². The second kappa shape index (κ2) is 6.92. The molecule has 0 radical (unpaired) electrons. The SMILES string of the molecule is CCCCC(C)(C)c1cc(O)c2c(c1)OC(C)(C)[C@H]1CC=C(CO)C[C@H]21. The normalized spacial score (nSPS) is 24.3. The maximum atomic E-state index is 10.9. The molecule has 0 amide bonds. The number of benzene rings is 1. The number of allylic oxidation sites excluding steroid dienone is 1. The predicted molar refractivity (Wildman–Crippen MR) is 106 cm³/mol. The van der Waals surface area contributed by atoms with Crippen LogP contribution >= 0.6 is 0 Å². The smallest absolute Gasteiger partial charge is 0.127 e. The quantitative estimate of drug-likeness (QED) is 0.689. The molecule has 3 nitrogen and oxygen atoms in total. The zero-order valence-electron chi connectivity index (χ0n) is 16.9. The molecule has 3 heteroatoms. The highest BCUT2D eigenvalue weighted by molar-refractivity contribution is 5.54. The van der Waals surface area contributed by atoms with Crippen LogP contribution in [0.15, 0.2) is 23.8 Å². The molecule has 0 unspecified atom stereocenters. The van der Waals surface area contributed by atoms with Crippen LogP contribution in [0.4, 0.5) is 0 Å². The number of ether oxygens (including phenoxy) is 1. The fourth-order valence-corrected chi connectivity index (χ4v) is 4.75. The Morgan fingerprint density at radius 1 is 1.27 bits per heavy atom. The zero-order valence-corrected chi connectivity index (χ0v) is 16.9. The van der Waals surface area contributed by atoms with Gasteiger partial charge in [0, 0.05) is 17.4 Å². The monoisotopic (exact) mass is 358 g/mol. The van der Waals surface area contributed by atoms with Crippen LogP contribution in [0.2, 0.25) is 0 Å². The average molecular weight is 359 g/mol. The number of phenolic OH excluding ortho intramolecular Hbond substituents is 1. The number of hydrogen-bond donors (Lipinski definition) is 2. The first-order chi connectivity index (χ1) is 12.2. The Morgan fingerprint density at radius 2 is 2.00 bits per heavy atom. The molecule has 1 aromatic rings. The zero-order chi connectivity index (χ0) is 19.1. The Morgan fingerprint density at radius 3 is 2.65 bits per heavy atom. The van der Waals surface area contributed by atoms with Crippen LogP contribution < -0.4 is 4.74 Å². The van der Waals surface area contributed by atoms with Crippen LogP contribution in [-0.4, -0.2) is 22.4 Å². The molecule has 0 saturated heterocycles. The van der Waals surface area contributed by atoms with Crippen LogP contribution in [0, 0.1) is 5.92 Å². The van der Waals surface area contributed by atoms with Gasteiger partial charge in [-0.15, -0.1) is 0 Å². The minimum Gasteiger partial charge on any atom is -0.508 e. The van der Waals surface area contributed by atoms with Gasteiger partial charge in [-0.1, -0.05) is 39.7 Å². The third kappa shape index (κ3) is 3.38. The van der Waals surface area contributed by atoms with Gasteiger partial charge in [0.1, 0.15) is 17.1 Å². The molecule has 0 spiro atoms. The van der Waals surface area contributed by atoms with E-state index in [1.165, 1.54) is 12.8 Å². The first-order valence-electron chi connectivity index (χ1n) is 10.0. The standard InChI is InChI=1S/C23H34O3/c1-6-7-10-22(2,3)16-12-19(25)21-17-11-15(14-24)8-9-18(17)23(4,5)26-20(21)13-16/h8,12-13,17-18,24-25H,6-7,9-11,14H2,1-5H3/t17-,18-/m0/s1. The van der Waals surface area contributed by atoms with Crippen molar-refractivity contribution < 1.29 is 14.9 Å². The van der Waals surface area contributed by atoms with E-state index in [2.05, 4.69) is 46.8 Å². The largest absolute Gasteiger partial charge is 0.508 e. The second-order valence-corrected chi connectivity index (χ2v) is 9.27. The number of hydrogen-bond acceptors (Lipinski definition) is 3. The molecule has 2 atom stereocenters. The summed E-state index contributed by atoms with van der Waals surface area (Å²) in [5.74, 6) is 1.70. The predicted octanol–water partition coefficient (Wildman–Crippen LogP) is 5.44. The number of fused-ring (bicyclic) bond motifs is 3. The number of aliphatic hydroxyl groups excluding tert-OH is 1. The van der Waals surface area contributed by atoms with Gasteiger partial charge in [0.05, 0.1) is 6.61 Å². The number of aromatic hydroxyl groups is 1. The molecule has 0 bridgehead atoms. The van der Waals surface area contributed by atoms with Gasteiger partial charge in [-0.25, -0.2) is 0 Å². The molecule has 0 saturated carbocycles. The molecule has 0 fully saturated rings. The van der Waals surface area contributed by atoms with Gasteiger partial charge in [0.15, 0.2) is 0 Å². The lowest BCUT2D eigenvalue weighted by Crippen LogP contribution is -2.45. The first kappa shape index (κ1) is 19.3. The van der Waals surface area contributed by atoms with E-state index in [1.807, 2.05) is 6.07 Å². The Labute approximate surface area is 158 Å². The maximum Gasteiger partial charge on any atom is 0.127 e. The Hall–Kier alpha value is -1.48. The van der Waals surface area contributed by atoms with Gasteiger partial charge >= 0.3 is 0 Å². The molecule has 1 aliphatic heterocycles. The summed E-state index contributed by atoms with van der Waals surface area (Å²) in [5.41, 5.74) is 2.87. The molecular weight excluding hydrogens is 324 g/mol. The van der Waals surface area contributed by atoms with E-state index < -0.39 is 0 Å². The van der Waals surface area contributed by atoms with E-state index >= 15 is 0 Å². The van der Waals surface area contributed by atoms with Crippen molar-refractivity contribution in [2.24, 2.45) is 5.92 Å². The summed E-state index contributed by atoms with van der Waals surface area (Å²) in [6.07, 6.45) is 7.27. The van der Waals surface area contributed by atoms with E-state index in [9.17, 15) is 10.2 Å². The molecule has 1 aromatic carbocycles. The summed E-state index contributed by atoms with van der Waals surface area (Å²) in [5, 5.41) is 20.5. The number of aliphatic hydroxyl groups is 1. The highest BCUT2D eigenvalue weighted by Gasteiger charge is 2.46. The Balaban J connectivity index is 2.04. The van der Waals surface area contributed by atoms with Crippen molar-refractivity contribution >= 4 is 0 Å². The highest BCUT2D eigenvalue weighted by atomic mass is 16.5. The van der Waals surface area contributed by atoms with Gasteiger partial charge < -0.3 is 14.9 Å². The van der Waals surface area contributed by atoms with Crippen LogP contribution in [0.1, 0.15) is 83.8 Å². The lowest BCUT2D eigenvalue weighted by atomic mass is 9.66. The van der Waals surface area contributed by atoms with Crippen LogP contribution in [-0.2, 0) is 5.41 Å². The minimum absolute atomic E-state index is 0.00952. The van der Waals surface area contributed by atoms with Gasteiger partial charge in [-0.05, 0) is 61.8 Å². The van der Waals surface area contributed by atoms with E-state index in [-0.39, 0.29) is 23.5 Å². The number of rotatable bonds is 5. The van der Waals surface area contributed by atoms with Crippen molar-refractivity contribution in [2.45, 2.75) is 83.7 Å². The molecule has 2 aliphatic rings. The van der Waals surface area contributed by atoms with Crippen LogP contribution in [0.3, 0.4) is 0 Å². The highest BCUT2D eigenvalue weighted by Crippen LogP contribution is 2.54. The topological polar surface area (TPSA) is 49.7 Å². The fourth-order valence-electron chi connectivity index (χ4n) is 4.75. The molecule has 0 aromatic heterocycles. The summed E-state index contributed by atoms with van der Waals surface area (Å²) in [6, 6.07) is 4.10. The molecule has 3 rings (SSSR count). The third-order valence-electron chi connectivity index (χ3n) is 6.53. The summed E-state index contributed by atoms with van der Waals surface area (Å²) in [7, 11) is 0. The van der Waals surface area contributed by atoms with Crippen molar-refractivity contribution in [3.8, 4) is 11.5 Å². The van der Waals surface area contributed by atoms with E-state index in [0.29, 0.717) is 11.7 Å². The molecule has 144 valence electrons. The Bertz CT molecular complexity index is 700. The maximum absolute atomic E-state index is 10.9. The van der Waals surface area contributed by atoms with E-state index in [0.717, 1.165) is 41.7 Å². The number of unbranched alkanes of at least 4 members (excludes halogenated alkanes) is 1. The van der Waals surface area contributed by atoms with Crippen molar-refractivity contribution in [1.82, 2.24) is 0 Å². The second-order valence-electron chi connectivity index (χ2n) is 9.27. The summed E-state index contributed by atoms with van der Waals surface area (Å²) < 4.78 is 6.43. The summed E-state index contributed by atoms with van der Waals surface area (Å²) >= 11 is 0. The van der Waals surface area contributed by atoms with Crippen LogP contribution in [0.25, 0.3) is 0 Å². The molecular formula is C23H34O3. The molecule has 1 heterocycles. The van der Waals surface area contributed by atoms with Gasteiger partial charge in [-0.2, -0.15) is 0 Å². The number of phenols is 1. The summed E-state index contributed by atoms with van der Waals surface area (Å²) in [6.45, 7) is 11.1. The van der Waals surface area contributed by atoms with Crippen molar-refractivity contribution in [2.75, 3.05) is 6.61 Å². The molecule has 2 N–H and O–H groups in total. The van der Waals surface area contributed by atoms with Crippen molar-refractivity contribution in [1.29, 1.82) is 0 Å². The van der Waals surface area contributed by atoms with E-state index in [1.54, 1.807) is 0 Å². The van der Waals surface area contributed by atoms with Gasteiger partial charge in [0.25, 0.3) is 0 Å².